The number of fused-ring (bicyclic) bond motifs is 1. The fraction of sp³-hybridized carbons (Fsp3) is 0.276. The number of nitrogens with one attached hydrogen (secondary N) is 1. The molecule has 3 aromatic carbocycles. The third kappa shape index (κ3) is 4.57. The van der Waals surface area contributed by atoms with E-state index in [1.165, 1.54) is 43.5 Å². The number of benzene rings is 3. The van der Waals surface area contributed by atoms with Crippen molar-refractivity contribution in [2.24, 2.45) is 11.8 Å². The lowest BCUT2D eigenvalue weighted by Crippen LogP contribution is -2.52. The van der Waals surface area contributed by atoms with E-state index in [9.17, 15) is 40.7 Å². The van der Waals surface area contributed by atoms with E-state index in [2.05, 4.69) is 5.32 Å². The number of carbonyl (C=O) groups is 3. The number of hydrogen-bond acceptors (Lipinski definition) is 6. The average Bonchev–Trinajstić information content (AvgIpc) is 3.46. The van der Waals surface area contributed by atoms with Crippen molar-refractivity contribution in [1.82, 2.24) is 5.32 Å². The van der Waals surface area contributed by atoms with Gasteiger partial charge in [-0.3, -0.25) is 19.7 Å². The molecule has 0 unspecified atom stereocenters. The lowest BCUT2D eigenvalue weighted by molar-refractivity contribution is -0.145. The number of nitrogens with zero attached hydrogens (tertiary/aromatic N) is 1. The lowest BCUT2D eigenvalue weighted by atomic mass is 9.71. The van der Waals surface area contributed by atoms with Gasteiger partial charge in [0.15, 0.2) is 0 Å². The molecule has 7 nitrogen and oxygen atoms in total. The summed E-state index contributed by atoms with van der Waals surface area (Å²) >= 11 is 0. The van der Waals surface area contributed by atoms with E-state index >= 15 is 0 Å². The number of carbonyl (C=O) groups excluding carboxylic acids is 3. The summed E-state index contributed by atoms with van der Waals surface area (Å²) in [4.78, 5) is 41.8. The third-order valence-electron chi connectivity index (χ3n) is 7.64. The first-order chi connectivity index (χ1) is 19.7. The van der Waals surface area contributed by atoms with Crippen molar-refractivity contribution in [3.05, 3.63) is 95.1 Å². The molecule has 0 bridgehead atoms. The number of anilines is 1. The van der Waals surface area contributed by atoms with Gasteiger partial charge in [-0.2, -0.15) is 26.3 Å². The SMILES string of the molecule is COC(=O)[C@@H]1NC(c2cccc(C(F)(F)F)c2)(c2cccc(C(F)(F)F)c2)[C@H]2C(=O)N(c3ccc(OC)cc3)C(=O)[C@H]12. The highest BCUT2D eigenvalue weighted by atomic mass is 19.4. The molecule has 2 heterocycles. The molecule has 0 spiro atoms. The molecule has 0 radical (unpaired) electrons. The summed E-state index contributed by atoms with van der Waals surface area (Å²) < 4.78 is 93.0. The van der Waals surface area contributed by atoms with Gasteiger partial charge in [0.2, 0.25) is 11.8 Å². The molecule has 2 saturated heterocycles. The summed E-state index contributed by atoms with van der Waals surface area (Å²) in [6, 6.07) is 11.5. The number of methoxy groups -OCH3 is 2. The van der Waals surface area contributed by atoms with Crippen LogP contribution in [0.2, 0.25) is 0 Å². The maximum absolute atomic E-state index is 14.2. The van der Waals surface area contributed by atoms with Crippen molar-refractivity contribution < 1.29 is 50.2 Å². The van der Waals surface area contributed by atoms with Crippen molar-refractivity contribution in [3.63, 3.8) is 0 Å². The van der Waals surface area contributed by atoms with Crippen molar-refractivity contribution in [2.45, 2.75) is 23.9 Å². The number of esters is 1. The maximum atomic E-state index is 14.2. The van der Waals surface area contributed by atoms with Crippen molar-refractivity contribution in [1.29, 1.82) is 0 Å². The standard InChI is InChI=1S/C29H22F6N2O5/c1-41-20-11-9-19(10-12-20)37-24(38)21-22(25(37)39)27(36-23(21)26(40)42-2,15-5-3-7-17(13-15)28(30,31)32)16-6-4-8-18(14-16)29(33,34)35/h3-14,21-23,36H,1-2H3/t21-,22+,23+/m0/s1. The number of imide groups is 1. The fourth-order valence-corrected chi connectivity index (χ4v) is 5.80. The average molecular weight is 592 g/mol. The molecule has 5 rings (SSSR count). The minimum atomic E-state index is -4.85. The molecule has 220 valence electrons. The monoisotopic (exact) mass is 592 g/mol. The van der Waals surface area contributed by atoms with Crippen LogP contribution in [0.25, 0.3) is 0 Å². The zero-order valence-corrected chi connectivity index (χ0v) is 21.9. The van der Waals surface area contributed by atoms with Gasteiger partial charge in [0.05, 0.1) is 48.4 Å². The van der Waals surface area contributed by atoms with Crippen LogP contribution in [0.15, 0.2) is 72.8 Å². The molecule has 0 saturated carbocycles. The molecular weight excluding hydrogens is 570 g/mol. The minimum Gasteiger partial charge on any atom is -0.497 e. The largest absolute Gasteiger partial charge is 0.497 e. The molecule has 42 heavy (non-hydrogen) atoms. The van der Waals surface area contributed by atoms with Crippen molar-refractivity contribution >= 4 is 23.5 Å². The van der Waals surface area contributed by atoms with E-state index in [0.29, 0.717) is 17.9 Å². The summed E-state index contributed by atoms with van der Waals surface area (Å²) in [5, 5.41) is 2.80. The highest BCUT2D eigenvalue weighted by Crippen LogP contribution is 2.53. The van der Waals surface area contributed by atoms with Crippen LogP contribution in [0.1, 0.15) is 22.3 Å². The van der Waals surface area contributed by atoms with Gasteiger partial charge >= 0.3 is 18.3 Å². The van der Waals surface area contributed by atoms with E-state index in [1.54, 1.807) is 0 Å². The summed E-state index contributed by atoms with van der Waals surface area (Å²) in [5.41, 5.74) is -4.93. The van der Waals surface area contributed by atoms with Crippen molar-refractivity contribution in [3.8, 4) is 5.75 Å². The number of amides is 2. The van der Waals surface area contributed by atoms with Gasteiger partial charge in [-0.15, -0.1) is 0 Å². The van der Waals surface area contributed by atoms with E-state index in [1.807, 2.05) is 0 Å². The Morgan fingerprint density at radius 2 is 1.33 bits per heavy atom. The van der Waals surface area contributed by atoms with E-state index in [-0.39, 0.29) is 16.8 Å². The molecule has 2 aliphatic heterocycles. The van der Waals surface area contributed by atoms with Gasteiger partial charge in [-0.1, -0.05) is 24.3 Å². The topological polar surface area (TPSA) is 84.9 Å². The van der Waals surface area contributed by atoms with Crippen LogP contribution >= 0.6 is 0 Å². The zero-order chi connectivity index (χ0) is 30.6. The van der Waals surface area contributed by atoms with E-state index in [0.717, 1.165) is 36.3 Å². The Morgan fingerprint density at radius 3 is 1.79 bits per heavy atom. The Labute approximate surface area is 235 Å². The summed E-state index contributed by atoms with van der Waals surface area (Å²) in [5.74, 6) is -5.60. The number of rotatable bonds is 5. The molecule has 2 amide bonds. The lowest BCUT2D eigenvalue weighted by Gasteiger charge is -2.37. The molecule has 0 aliphatic carbocycles. The molecule has 1 N–H and O–H groups in total. The number of ether oxygens (including phenoxy) is 2. The summed E-state index contributed by atoms with van der Waals surface area (Å²) in [7, 11) is 2.41. The first-order valence-electron chi connectivity index (χ1n) is 12.5. The fourth-order valence-electron chi connectivity index (χ4n) is 5.80. The van der Waals surface area contributed by atoms with Gasteiger partial charge in [0.25, 0.3) is 0 Å². The Morgan fingerprint density at radius 1 is 0.810 bits per heavy atom. The second-order valence-electron chi connectivity index (χ2n) is 9.82. The Kier molecular flexibility index (Phi) is 7.04. The van der Waals surface area contributed by atoms with E-state index < -0.39 is 64.7 Å². The zero-order valence-electron chi connectivity index (χ0n) is 21.9. The Bertz CT molecular complexity index is 1500. The smallest absolute Gasteiger partial charge is 0.416 e. The molecule has 2 fully saturated rings. The molecule has 2 aliphatic rings. The van der Waals surface area contributed by atoms with Crippen LogP contribution in [0.4, 0.5) is 32.0 Å². The van der Waals surface area contributed by atoms with Gasteiger partial charge in [-0.25, -0.2) is 4.90 Å². The van der Waals surface area contributed by atoms with Crippen LogP contribution in [-0.2, 0) is 37.0 Å². The van der Waals surface area contributed by atoms with Crippen LogP contribution in [0, 0.1) is 11.8 Å². The van der Waals surface area contributed by atoms with Crippen LogP contribution in [0.5, 0.6) is 5.75 Å². The molecule has 3 aromatic rings. The van der Waals surface area contributed by atoms with Gasteiger partial charge in [-0.05, 0) is 59.7 Å². The highest BCUT2D eigenvalue weighted by molar-refractivity contribution is 6.24. The number of halogens is 6. The quantitative estimate of drug-likeness (QED) is 0.257. The second-order valence-corrected chi connectivity index (χ2v) is 9.82. The normalized spacial score (nSPS) is 21.8. The summed E-state index contributed by atoms with van der Waals surface area (Å²) in [6.45, 7) is 0. The van der Waals surface area contributed by atoms with Crippen LogP contribution in [-0.4, -0.2) is 38.0 Å². The number of hydrogen-bond donors (Lipinski definition) is 1. The van der Waals surface area contributed by atoms with Gasteiger partial charge in [0, 0.05) is 0 Å². The molecule has 13 heteroatoms. The van der Waals surface area contributed by atoms with Crippen LogP contribution < -0.4 is 15.0 Å². The highest BCUT2D eigenvalue weighted by Gasteiger charge is 2.68. The van der Waals surface area contributed by atoms with Crippen molar-refractivity contribution in [2.75, 3.05) is 19.1 Å². The minimum absolute atomic E-state index is 0.0748. The van der Waals surface area contributed by atoms with Gasteiger partial charge in [0.1, 0.15) is 11.8 Å². The Balaban J connectivity index is 1.80. The van der Waals surface area contributed by atoms with E-state index in [4.69, 9.17) is 9.47 Å². The van der Waals surface area contributed by atoms with Crippen LogP contribution in [0.3, 0.4) is 0 Å². The number of alkyl halides is 6. The first-order valence-corrected chi connectivity index (χ1v) is 12.5. The molecule has 3 atom stereocenters. The molecule has 0 aromatic heterocycles. The predicted octanol–water partition coefficient (Wildman–Crippen LogP) is 4.93. The predicted molar refractivity (Wildman–Crippen MR) is 135 cm³/mol. The molecular formula is C29H22F6N2O5. The van der Waals surface area contributed by atoms with Gasteiger partial charge < -0.3 is 9.47 Å². The maximum Gasteiger partial charge on any atom is 0.416 e. The first kappa shape index (κ1) is 29.1. The third-order valence-corrected chi connectivity index (χ3v) is 7.64. The Hall–Kier alpha value is -4.39. The summed E-state index contributed by atoms with van der Waals surface area (Å²) in [6.07, 6.45) is -9.70. The second kappa shape index (κ2) is 10.2.